The second kappa shape index (κ2) is 11.1. The van der Waals surface area contributed by atoms with E-state index >= 15 is 0 Å². The zero-order valence-electron chi connectivity index (χ0n) is 19.2. The molecule has 4 heteroatoms. The summed E-state index contributed by atoms with van der Waals surface area (Å²) in [5.74, 6) is -0.0152. The number of hydrogen-bond donors (Lipinski definition) is 1. The highest BCUT2D eigenvalue weighted by Crippen LogP contribution is 2.20. The SMILES string of the molecule is CCC(C(=O)NC1CCCCC1)N(Cc1ccccc1)C(=O)Cc1cc(C)cc(C)c1. The van der Waals surface area contributed by atoms with Crippen LogP contribution < -0.4 is 5.32 Å². The van der Waals surface area contributed by atoms with Crippen molar-refractivity contribution in [2.75, 3.05) is 0 Å². The molecule has 0 aromatic heterocycles. The molecule has 1 aliphatic rings. The minimum atomic E-state index is -0.458. The molecule has 31 heavy (non-hydrogen) atoms. The van der Waals surface area contributed by atoms with Gasteiger partial charge in [0, 0.05) is 12.6 Å². The van der Waals surface area contributed by atoms with Gasteiger partial charge in [-0.1, -0.05) is 85.8 Å². The molecule has 0 saturated heterocycles. The fraction of sp³-hybridized carbons (Fsp3) is 0.481. The molecule has 2 aromatic carbocycles. The average molecular weight is 421 g/mol. The summed E-state index contributed by atoms with van der Waals surface area (Å²) in [5, 5.41) is 3.24. The number of hydrogen-bond acceptors (Lipinski definition) is 2. The molecule has 1 aliphatic carbocycles. The van der Waals surface area contributed by atoms with Crippen molar-refractivity contribution in [1.29, 1.82) is 0 Å². The molecule has 1 atom stereocenters. The third kappa shape index (κ3) is 6.68. The van der Waals surface area contributed by atoms with Crippen LogP contribution in [0.3, 0.4) is 0 Å². The van der Waals surface area contributed by atoms with Gasteiger partial charge in [-0.25, -0.2) is 0 Å². The van der Waals surface area contributed by atoms with Crippen LogP contribution in [0.15, 0.2) is 48.5 Å². The van der Waals surface area contributed by atoms with E-state index in [9.17, 15) is 9.59 Å². The summed E-state index contributed by atoms with van der Waals surface area (Å²) in [5.41, 5.74) is 4.35. The van der Waals surface area contributed by atoms with Gasteiger partial charge in [-0.15, -0.1) is 0 Å². The van der Waals surface area contributed by atoms with Crippen molar-refractivity contribution in [1.82, 2.24) is 10.2 Å². The normalized spacial score (nSPS) is 15.3. The van der Waals surface area contributed by atoms with Crippen molar-refractivity contribution in [3.05, 3.63) is 70.8 Å². The standard InChI is InChI=1S/C27H36N2O2/c1-4-25(27(31)28-24-13-9-6-10-14-24)29(19-22-11-7-5-8-12-22)26(30)18-23-16-20(2)15-21(3)17-23/h5,7-8,11-12,15-17,24-25H,4,6,9-10,13-14,18-19H2,1-3H3,(H,28,31). The molecule has 1 N–H and O–H groups in total. The third-order valence-electron chi connectivity index (χ3n) is 6.17. The van der Waals surface area contributed by atoms with Crippen LogP contribution >= 0.6 is 0 Å². The van der Waals surface area contributed by atoms with Crippen LogP contribution in [-0.4, -0.2) is 28.8 Å². The Morgan fingerprint density at radius 3 is 2.23 bits per heavy atom. The third-order valence-corrected chi connectivity index (χ3v) is 6.17. The maximum absolute atomic E-state index is 13.5. The van der Waals surface area contributed by atoms with Gasteiger partial charge in [-0.2, -0.15) is 0 Å². The molecule has 0 heterocycles. The number of nitrogens with one attached hydrogen (secondary N) is 1. The summed E-state index contributed by atoms with van der Waals surface area (Å²) in [6.45, 7) is 6.54. The van der Waals surface area contributed by atoms with Crippen LogP contribution in [0.2, 0.25) is 0 Å². The summed E-state index contributed by atoms with van der Waals surface area (Å²) in [4.78, 5) is 28.5. The highest BCUT2D eigenvalue weighted by molar-refractivity contribution is 5.88. The highest BCUT2D eigenvalue weighted by atomic mass is 16.2. The van der Waals surface area contributed by atoms with E-state index in [-0.39, 0.29) is 17.9 Å². The summed E-state index contributed by atoms with van der Waals surface area (Å²) in [6, 6.07) is 16.0. The van der Waals surface area contributed by atoms with Crippen LogP contribution in [0.25, 0.3) is 0 Å². The molecule has 2 amide bonds. The molecule has 166 valence electrons. The molecule has 0 bridgehead atoms. The number of carbonyl (C=O) groups excluding carboxylic acids is 2. The van der Waals surface area contributed by atoms with Gasteiger partial charge in [0.15, 0.2) is 0 Å². The Hall–Kier alpha value is -2.62. The van der Waals surface area contributed by atoms with Crippen molar-refractivity contribution >= 4 is 11.8 Å². The average Bonchev–Trinajstić information content (AvgIpc) is 2.74. The molecule has 1 saturated carbocycles. The topological polar surface area (TPSA) is 49.4 Å². The Morgan fingerprint density at radius 2 is 1.61 bits per heavy atom. The maximum Gasteiger partial charge on any atom is 0.243 e. The summed E-state index contributed by atoms with van der Waals surface area (Å²) >= 11 is 0. The molecule has 0 spiro atoms. The molecular formula is C27H36N2O2. The summed E-state index contributed by atoms with van der Waals surface area (Å²) in [6.07, 6.45) is 6.57. The minimum Gasteiger partial charge on any atom is -0.352 e. The fourth-order valence-electron chi connectivity index (χ4n) is 4.69. The first kappa shape index (κ1) is 23.1. The zero-order valence-corrected chi connectivity index (χ0v) is 19.2. The lowest BCUT2D eigenvalue weighted by Crippen LogP contribution is -2.51. The number of amides is 2. The molecule has 0 radical (unpaired) electrons. The largest absolute Gasteiger partial charge is 0.352 e. The van der Waals surface area contributed by atoms with E-state index in [0.717, 1.165) is 35.1 Å². The summed E-state index contributed by atoms with van der Waals surface area (Å²) < 4.78 is 0. The lowest BCUT2D eigenvalue weighted by Gasteiger charge is -2.33. The molecule has 4 nitrogen and oxygen atoms in total. The maximum atomic E-state index is 13.5. The van der Waals surface area contributed by atoms with Crippen molar-refractivity contribution in [3.63, 3.8) is 0 Å². The number of benzene rings is 2. The monoisotopic (exact) mass is 420 g/mol. The molecule has 2 aromatic rings. The van der Waals surface area contributed by atoms with E-state index in [0.29, 0.717) is 19.4 Å². The van der Waals surface area contributed by atoms with Gasteiger partial charge in [0.05, 0.1) is 6.42 Å². The first-order valence-electron chi connectivity index (χ1n) is 11.7. The van der Waals surface area contributed by atoms with Gasteiger partial charge in [-0.3, -0.25) is 9.59 Å². The molecule has 3 rings (SSSR count). The van der Waals surface area contributed by atoms with Crippen LogP contribution in [0.5, 0.6) is 0 Å². The quantitative estimate of drug-likeness (QED) is 0.646. The second-order valence-corrected chi connectivity index (χ2v) is 8.95. The van der Waals surface area contributed by atoms with Crippen molar-refractivity contribution in [2.45, 2.75) is 84.3 Å². The van der Waals surface area contributed by atoms with E-state index < -0.39 is 6.04 Å². The van der Waals surface area contributed by atoms with Crippen LogP contribution in [0, 0.1) is 13.8 Å². The molecule has 1 unspecified atom stereocenters. The number of carbonyl (C=O) groups is 2. The van der Waals surface area contributed by atoms with Gasteiger partial charge in [0.1, 0.15) is 6.04 Å². The van der Waals surface area contributed by atoms with Crippen LogP contribution in [0.1, 0.15) is 67.7 Å². The Bertz CT molecular complexity index is 852. The predicted molar refractivity (Wildman–Crippen MR) is 126 cm³/mol. The predicted octanol–water partition coefficient (Wildman–Crippen LogP) is 5.10. The van der Waals surface area contributed by atoms with E-state index in [1.807, 2.05) is 37.3 Å². The van der Waals surface area contributed by atoms with E-state index in [1.165, 1.54) is 19.3 Å². The number of nitrogens with zero attached hydrogens (tertiary/aromatic N) is 1. The zero-order chi connectivity index (χ0) is 22.2. The lowest BCUT2D eigenvalue weighted by molar-refractivity contribution is -0.141. The van der Waals surface area contributed by atoms with E-state index in [4.69, 9.17) is 0 Å². The van der Waals surface area contributed by atoms with Gasteiger partial charge >= 0.3 is 0 Å². The number of aryl methyl sites for hydroxylation is 2. The Morgan fingerprint density at radius 1 is 0.968 bits per heavy atom. The van der Waals surface area contributed by atoms with Gasteiger partial charge in [0.25, 0.3) is 0 Å². The summed E-state index contributed by atoms with van der Waals surface area (Å²) in [7, 11) is 0. The molecule has 0 aliphatic heterocycles. The Kier molecular flexibility index (Phi) is 8.27. The first-order valence-corrected chi connectivity index (χ1v) is 11.7. The Balaban J connectivity index is 1.80. The van der Waals surface area contributed by atoms with E-state index in [2.05, 4.69) is 37.4 Å². The van der Waals surface area contributed by atoms with E-state index in [1.54, 1.807) is 4.90 Å². The fourth-order valence-corrected chi connectivity index (χ4v) is 4.69. The van der Waals surface area contributed by atoms with Crippen LogP contribution in [0.4, 0.5) is 0 Å². The van der Waals surface area contributed by atoms with Crippen molar-refractivity contribution in [2.24, 2.45) is 0 Å². The first-order chi connectivity index (χ1) is 15.0. The Labute approximate surface area is 187 Å². The van der Waals surface area contributed by atoms with Crippen molar-refractivity contribution in [3.8, 4) is 0 Å². The van der Waals surface area contributed by atoms with Gasteiger partial charge in [0.2, 0.25) is 11.8 Å². The van der Waals surface area contributed by atoms with Gasteiger partial charge in [-0.05, 0) is 44.2 Å². The molecule has 1 fully saturated rings. The lowest BCUT2D eigenvalue weighted by atomic mass is 9.95. The number of rotatable bonds is 8. The molecular weight excluding hydrogens is 384 g/mol. The van der Waals surface area contributed by atoms with Crippen LogP contribution in [-0.2, 0) is 22.6 Å². The highest BCUT2D eigenvalue weighted by Gasteiger charge is 2.30. The minimum absolute atomic E-state index is 0.000466. The van der Waals surface area contributed by atoms with Gasteiger partial charge < -0.3 is 10.2 Å². The second-order valence-electron chi connectivity index (χ2n) is 8.95. The smallest absolute Gasteiger partial charge is 0.243 e. The van der Waals surface area contributed by atoms with Crippen molar-refractivity contribution < 1.29 is 9.59 Å².